The van der Waals surface area contributed by atoms with Crippen molar-refractivity contribution in [3.05, 3.63) is 0 Å². The normalized spacial score (nSPS) is 10.7. The summed E-state index contributed by atoms with van der Waals surface area (Å²) < 4.78 is 0. The van der Waals surface area contributed by atoms with E-state index in [-0.39, 0.29) is 0 Å². The molecule has 9 heavy (non-hydrogen) atoms. The maximum absolute atomic E-state index is 3.45. The third kappa shape index (κ3) is 4.67. The van der Waals surface area contributed by atoms with Gasteiger partial charge in [-0.1, -0.05) is 19.9 Å². The van der Waals surface area contributed by atoms with Crippen molar-refractivity contribution in [3.63, 3.8) is 0 Å². The van der Waals surface area contributed by atoms with Gasteiger partial charge in [-0.05, 0) is 26.1 Å². The molecule has 0 saturated heterocycles. The van der Waals surface area contributed by atoms with Gasteiger partial charge < -0.3 is 4.90 Å². The molecule has 3 radical (unpaired) electrons. The summed E-state index contributed by atoms with van der Waals surface area (Å²) in [6, 6.07) is 1.12. The van der Waals surface area contributed by atoms with Gasteiger partial charge in [0.1, 0.15) is 0 Å². The molecule has 0 fully saturated rings. The van der Waals surface area contributed by atoms with Crippen LogP contribution in [-0.4, -0.2) is 34.8 Å². The molecule has 0 aliphatic rings. The summed E-state index contributed by atoms with van der Waals surface area (Å²) in [5, 5.41) is 0. The van der Waals surface area contributed by atoms with E-state index in [9.17, 15) is 0 Å². The van der Waals surface area contributed by atoms with Crippen LogP contribution in [0.2, 0.25) is 6.04 Å². The van der Waals surface area contributed by atoms with E-state index in [4.69, 9.17) is 0 Å². The Hall–Kier alpha value is 0.177. The van der Waals surface area contributed by atoms with Crippen molar-refractivity contribution in [1.29, 1.82) is 0 Å². The van der Waals surface area contributed by atoms with Crippen molar-refractivity contribution < 1.29 is 0 Å². The van der Waals surface area contributed by atoms with Gasteiger partial charge in [0.2, 0.25) is 0 Å². The molecule has 0 aliphatic carbocycles. The fourth-order valence-electron chi connectivity index (χ4n) is 0.842. The van der Waals surface area contributed by atoms with E-state index in [1.165, 1.54) is 26.1 Å². The summed E-state index contributed by atoms with van der Waals surface area (Å²) in [5.74, 6) is 0. The lowest BCUT2D eigenvalue weighted by atomic mass is 10.4. The topological polar surface area (TPSA) is 3.24 Å². The van der Waals surface area contributed by atoms with Gasteiger partial charge >= 0.3 is 0 Å². The van der Waals surface area contributed by atoms with Crippen LogP contribution < -0.4 is 0 Å². The highest BCUT2D eigenvalue weighted by Crippen LogP contribution is 1.91. The zero-order valence-electron chi connectivity index (χ0n) is 6.48. The lowest BCUT2D eigenvalue weighted by molar-refractivity contribution is 0.305. The van der Waals surface area contributed by atoms with E-state index in [2.05, 4.69) is 29.0 Å². The van der Waals surface area contributed by atoms with Gasteiger partial charge in [-0.2, -0.15) is 0 Å². The molecule has 0 N–H and O–H groups in total. The number of hydrogen-bond acceptors (Lipinski definition) is 1. The average molecular weight is 142 g/mol. The van der Waals surface area contributed by atoms with Crippen molar-refractivity contribution in [1.82, 2.24) is 4.90 Å². The molecule has 0 amide bonds. The minimum absolute atomic E-state index is 1.12. The quantitative estimate of drug-likeness (QED) is 0.523. The first-order chi connectivity index (χ1) is 4.35. The molecule has 0 aliphatic heterocycles. The van der Waals surface area contributed by atoms with Crippen molar-refractivity contribution in [2.45, 2.75) is 26.3 Å². The lowest BCUT2D eigenvalue weighted by Crippen LogP contribution is -2.23. The Balaban J connectivity index is 3.09. The predicted molar refractivity (Wildman–Crippen MR) is 43.0 cm³/mol. The molecule has 0 bridgehead atoms. The third-order valence-electron chi connectivity index (χ3n) is 1.55. The zero-order chi connectivity index (χ0) is 7.11. The van der Waals surface area contributed by atoms with Crippen LogP contribution in [0.1, 0.15) is 20.3 Å². The van der Waals surface area contributed by atoms with E-state index in [1.807, 2.05) is 0 Å². The molecular weight excluding hydrogens is 126 g/mol. The lowest BCUT2D eigenvalue weighted by Gasteiger charge is -2.16. The van der Waals surface area contributed by atoms with Crippen LogP contribution in [0.3, 0.4) is 0 Å². The second kappa shape index (κ2) is 6.30. The van der Waals surface area contributed by atoms with Crippen LogP contribution in [0.15, 0.2) is 0 Å². The van der Waals surface area contributed by atoms with Crippen molar-refractivity contribution >= 4 is 10.2 Å². The van der Waals surface area contributed by atoms with Gasteiger partial charge in [0.15, 0.2) is 0 Å². The van der Waals surface area contributed by atoms with Crippen LogP contribution in [0.4, 0.5) is 0 Å². The minimum Gasteiger partial charge on any atom is -0.304 e. The second-order valence-electron chi connectivity index (χ2n) is 2.13. The summed E-state index contributed by atoms with van der Waals surface area (Å²) in [4.78, 5) is 2.43. The number of nitrogens with zero attached hydrogens (tertiary/aromatic N) is 1. The highest BCUT2D eigenvalue weighted by atomic mass is 28.1. The van der Waals surface area contributed by atoms with Gasteiger partial charge in [-0.25, -0.2) is 0 Å². The van der Waals surface area contributed by atoms with Gasteiger partial charge in [0.25, 0.3) is 0 Å². The first-order valence-corrected chi connectivity index (χ1v) is 4.42. The standard InChI is InChI=1S/C7H16NSi/c1-3-8(4-2)6-5-7-9/h3-7H2,1-2H3. The number of hydrogen-bond donors (Lipinski definition) is 0. The molecule has 0 atom stereocenters. The second-order valence-corrected chi connectivity index (χ2v) is 2.63. The van der Waals surface area contributed by atoms with Gasteiger partial charge in [-0.15, -0.1) is 0 Å². The summed E-state index contributed by atoms with van der Waals surface area (Å²) in [5.41, 5.74) is 0. The molecule has 1 nitrogen and oxygen atoms in total. The molecule has 53 valence electrons. The van der Waals surface area contributed by atoms with Crippen LogP contribution in [0.5, 0.6) is 0 Å². The summed E-state index contributed by atoms with van der Waals surface area (Å²) in [6.45, 7) is 8.01. The molecule has 0 aromatic heterocycles. The summed E-state index contributed by atoms with van der Waals surface area (Å²) >= 11 is 0. The van der Waals surface area contributed by atoms with E-state index in [1.54, 1.807) is 0 Å². The molecular formula is C7H16NSi. The Bertz CT molecular complexity index is 52.9. The smallest absolute Gasteiger partial charge is 0.0222 e. The maximum Gasteiger partial charge on any atom is 0.0222 e. The Morgan fingerprint density at radius 1 is 1.22 bits per heavy atom. The molecule has 0 saturated carbocycles. The highest BCUT2D eigenvalue weighted by molar-refractivity contribution is 6.08. The van der Waals surface area contributed by atoms with E-state index in [0.29, 0.717) is 0 Å². The van der Waals surface area contributed by atoms with Crippen LogP contribution in [0, 0.1) is 0 Å². The van der Waals surface area contributed by atoms with Gasteiger partial charge in [0, 0.05) is 10.2 Å². The average Bonchev–Trinajstić information content (AvgIpc) is 1.91. The first kappa shape index (κ1) is 9.18. The SMILES string of the molecule is CCN(CC)CCC[Si]. The summed E-state index contributed by atoms with van der Waals surface area (Å²) in [7, 11) is 3.45. The highest BCUT2D eigenvalue weighted by Gasteiger charge is 1.94. The van der Waals surface area contributed by atoms with E-state index < -0.39 is 0 Å². The molecule has 0 spiro atoms. The fourth-order valence-corrected chi connectivity index (χ4v) is 1.00. The zero-order valence-corrected chi connectivity index (χ0v) is 7.48. The first-order valence-electron chi connectivity index (χ1n) is 3.72. The van der Waals surface area contributed by atoms with Crippen molar-refractivity contribution in [2.24, 2.45) is 0 Å². The minimum atomic E-state index is 1.12. The monoisotopic (exact) mass is 142 g/mol. The Kier molecular flexibility index (Phi) is 6.42. The van der Waals surface area contributed by atoms with Crippen LogP contribution in [0.25, 0.3) is 0 Å². The summed E-state index contributed by atoms with van der Waals surface area (Å²) in [6.07, 6.45) is 1.26. The van der Waals surface area contributed by atoms with Crippen molar-refractivity contribution in [3.8, 4) is 0 Å². The third-order valence-corrected chi connectivity index (χ3v) is 1.90. The van der Waals surface area contributed by atoms with E-state index >= 15 is 0 Å². The Morgan fingerprint density at radius 2 is 1.78 bits per heavy atom. The predicted octanol–water partition coefficient (Wildman–Crippen LogP) is 1.31. The fraction of sp³-hybridized carbons (Fsp3) is 1.00. The molecule has 0 aromatic carbocycles. The maximum atomic E-state index is 3.45. The molecule has 0 heterocycles. The molecule has 0 aromatic rings. The Labute approximate surface area is 61.9 Å². The Morgan fingerprint density at radius 3 is 2.11 bits per heavy atom. The van der Waals surface area contributed by atoms with Gasteiger partial charge in [-0.3, -0.25) is 0 Å². The van der Waals surface area contributed by atoms with Gasteiger partial charge in [0.05, 0.1) is 0 Å². The van der Waals surface area contributed by atoms with Crippen LogP contribution in [-0.2, 0) is 0 Å². The molecule has 2 heteroatoms. The molecule has 0 rings (SSSR count). The van der Waals surface area contributed by atoms with E-state index in [0.717, 1.165) is 6.04 Å². The number of rotatable bonds is 5. The molecule has 0 unspecified atom stereocenters. The van der Waals surface area contributed by atoms with Crippen LogP contribution >= 0.6 is 0 Å². The van der Waals surface area contributed by atoms with Crippen molar-refractivity contribution in [2.75, 3.05) is 19.6 Å². The largest absolute Gasteiger partial charge is 0.304 e.